The Labute approximate surface area is 192 Å². The van der Waals surface area contributed by atoms with Gasteiger partial charge in [-0.25, -0.2) is 0 Å². The summed E-state index contributed by atoms with van der Waals surface area (Å²) in [6.07, 6.45) is 5.47. The monoisotopic (exact) mass is 435 g/mol. The molecule has 2 aromatic rings. The molecule has 5 nitrogen and oxygen atoms in total. The van der Waals surface area contributed by atoms with Crippen LogP contribution < -0.4 is 10.2 Å². The minimum Gasteiger partial charge on any atom is -0.463 e. The van der Waals surface area contributed by atoms with Crippen molar-refractivity contribution in [3.8, 4) is 11.1 Å². The van der Waals surface area contributed by atoms with Gasteiger partial charge in [0.25, 0.3) is 0 Å². The number of carbonyl (C=O) groups excluding carboxylic acids is 1. The topological polar surface area (TPSA) is 54.5 Å². The molecule has 1 aromatic carbocycles. The first-order valence-corrected chi connectivity index (χ1v) is 12.0. The Morgan fingerprint density at radius 2 is 1.97 bits per heavy atom. The van der Waals surface area contributed by atoms with Gasteiger partial charge in [-0.3, -0.25) is 9.78 Å². The Hall–Kier alpha value is -2.40. The van der Waals surface area contributed by atoms with Gasteiger partial charge in [-0.05, 0) is 68.7 Å². The molecule has 172 valence electrons. The molecular weight excluding hydrogens is 398 g/mol. The van der Waals surface area contributed by atoms with Crippen molar-refractivity contribution in [3.05, 3.63) is 46.8 Å². The summed E-state index contributed by atoms with van der Waals surface area (Å²) in [6.45, 7) is 14.4. The number of nitrogens with one attached hydrogen (secondary N) is 1. The molecule has 0 atom stereocenters. The Morgan fingerprint density at radius 1 is 1.22 bits per heavy atom. The highest BCUT2D eigenvalue weighted by Crippen LogP contribution is 2.40. The first-order chi connectivity index (χ1) is 15.2. The normalized spacial score (nSPS) is 17.9. The van der Waals surface area contributed by atoms with Crippen molar-refractivity contribution in [2.45, 2.75) is 73.0 Å². The number of anilines is 1. The zero-order chi connectivity index (χ0) is 22.9. The number of nitrogens with zero attached hydrogens (tertiary/aromatic N) is 2. The van der Waals surface area contributed by atoms with E-state index < -0.39 is 0 Å². The van der Waals surface area contributed by atoms with Crippen molar-refractivity contribution in [1.29, 1.82) is 0 Å². The van der Waals surface area contributed by atoms with Crippen molar-refractivity contribution in [3.63, 3.8) is 0 Å². The number of carbonyl (C=O) groups is 1. The maximum Gasteiger partial charge on any atom is 0.310 e. The average Bonchev–Trinajstić information content (AvgIpc) is 2.74. The lowest BCUT2D eigenvalue weighted by Crippen LogP contribution is -2.38. The molecule has 5 heteroatoms. The lowest BCUT2D eigenvalue weighted by Gasteiger charge is -2.40. The molecule has 1 fully saturated rings. The Balaban J connectivity index is 1.79. The van der Waals surface area contributed by atoms with Crippen LogP contribution in [0.15, 0.2) is 24.4 Å². The number of esters is 1. The van der Waals surface area contributed by atoms with Gasteiger partial charge in [0.2, 0.25) is 0 Å². The SMILES string of the molecule is Cc1ncc(-c2ccc3c(c2)CCNC3)c(N2CCC(C)(C)CC2)c1CC(=O)OC(C)C. The van der Waals surface area contributed by atoms with Crippen LogP contribution in [0.5, 0.6) is 0 Å². The number of rotatable bonds is 5. The summed E-state index contributed by atoms with van der Waals surface area (Å²) in [4.78, 5) is 19.9. The summed E-state index contributed by atoms with van der Waals surface area (Å²) >= 11 is 0. The van der Waals surface area contributed by atoms with Crippen LogP contribution in [0, 0.1) is 12.3 Å². The van der Waals surface area contributed by atoms with Crippen LogP contribution in [-0.2, 0) is 28.9 Å². The summed E-state index contributed by atoms with van der Waals surface area (Å²) in [5, 5.41) is 3.45. The molecule has 1 saturated heterocycles. The molecule has 3 heterocycles. The fourth-order valence-corrected chi connectivity index (χ4v) is 4.85. The summed E-state index contributed by atoms with van der Waals surface area (Å²) in [6, 6.07) is 6.79. The lowest BCUT2D eigenvalue weighted by molar-refractivity contribution is -0.146. The van der Waals surface area contributed by atoms with E-state index in [2.05, 4.69) is 42.3 Å². The first kappa shape index (κ1) is 22.8. The van der Waals surface area contributed by atoms with E-state index in [1.54, 1.807) is 0 Å². The van der Waals surface area contributed by atoms with Gasteiger partial charge < -0.3 is 15.0 Å². The second kappa shape index (κ2) is 9.22. The van der Waals surface area contributed by atoms with E-state index in [1.807, 2.05) is 27.0 Å². The number of fused-ring (bicyclic) bond motifs is 1. The molecule has 32 heavy (non-hydrogen) atoms. The van der Waals surface area contributed by atoms with E-state index in [1.165, 1.54) is 22.4 Å². The molecule has 0 radical (unpaired) electrons. The van der Waals surface area contributed by atoms with Gasteiger partial charge >= 0.3 is 5.97 Å². The molecular formula is C27H37N3O2. The van der Waals surface area contributed by atoms with E-state index in [0.29, 0.717) is 5.41 Å². The van der Waals surface area contributed by atoms with Crippen molar-refractivity contribution < 1.29 is 9.53 Å². The van der Waals surface area contributed by atoms with Crippen LogP contribution in [0.2, 0.25) is 0 Å². The third-order valence-electron chi connectivity index (χ3n) is 6.89. The zero-order valence-corrected chi connectivity index (χ0v) is 20.3. The molecule has 0 saturated carbocycles. The molecule has 1 N–H and O–H groups in total. The molecule has 4 rings (SSSR count). The van der Waals surface area contributed by atoms with Crippen LogP contribution in [0.25, 0.3) is 11.1 Å². The highest BCUT2D eigenvalue weighted by Gasteiger charge is 2.29. The van der Waals surface area contributed by atoms with Gasteiger partial charge in [-0.1, -0.05) is 32.0 Å². The number of hydrogen-bond acceptors (Lipinski definition) is 5. The van der Waals surface area contributed by atoms with Crippen LogP contribution in [-0.4, -0.2) is 36.7 Å². The summed E-state index contributed by atoms with van der Waals surface area (Å²) in [7, 11) is 0. The van der Waals surface area contributed by atoms with E-state index in [0.717, 1.165) is 62.3 Å². The van der Waals surface area contributed by atoms with Crippen molar-refractivity contribution in [2.75, 3.05) is 24.5 Å². The van der Waals surface area contributed by atoms with E-state index in [4.69, 9.17) is 9.72 Å². The van der Waals surface area contributed by atoms with Crippen molar-refractivity contribution in [1.82, 2.24) is 10.3 Å². The maximum atomic E-state index is 12.7. The first-order valence-electron chi connectivity index (χ1n) is 12.0. The molecule has 0 bridgehead atoms. The summed E-state index contributed by atoms with van der Waals surface area (Å²) < 4.78 is 5.51. The predicted molar refractivity (Wildman–Crippen MR) is 130 cm³/mol. The molecule has 1 aromatic heterocycles. The van der Waals surface area contributed by atoms with Crippen molar-refractivity contribution in [2.24, 2.45) is 5.41 Å². The quantitative estimate of drug-likeness (QED) is 0.682. The predicted octanol–water partition coefficient (Wildman–Crippen LogP) is 4.82. The third kappa shape index (κ3) is 4.98. The second-order valence-electron chi connectivity index (χ2n) is 10.4. The van der Waals surface area contributed by atoms with Gasteiger partial charge in [-0.15, -0.1) is 0 Å². The number of benzene rings is 1. The molecule has 2 aliphatic rings. The van der Waals surface area contributed by atoms with Crippen LogP contribution >= 0.6 is 0 Å². The number of aromatic nitrogens is 1. The van der Waals surface area contributed by atoms with Gasteiger partial charge in [0, 0.05) is 42.7 Å². The number of ether oxygens (including phenoxy) is 1. The van der Waals surface area contributed by atoms with Gasteiger partial charge in [0.1, 0.15) is 0 Å². The van der Waals surface area contributed by atoms with Crippen molar-refractivity contribution >= 4 is 11.7 Å². The molecule has 0 aliphatic carbocycles. The maximum absolute atomic E-state index is 12.7. The zero-order valence-electron chi connectivity index (χ0n) is 20.3. The lowest BCUT2D eigenvalue weighted by atomic mass is 9.82. The number of aryl methyl sites for hydroxylation is 1. The molecule has 0 unspecified atom stereocenters. The van der Waals surface area contributed by atoms with E-state index in [-0.39, 0.29) is 18.5 Å². The fraction of sp³-hybridized carbons (Fsp3) is 0.556. The number of pyridine rings is 1. The summed E-state index contributed by atoms with van der Waals surface area (Å²) in [5.74, 6) is -0.183. The van der Waals surface area contributed by atoms with E-state index in [9.17, 15) is 4.79 Å². The smallest absolute Gasteiger partial charge is 0.310 e. The van der Waals surface area contributed by atoms with Gasteiger partial charge in [0.15, 0.2) is 0 Å². The molecule has 0 amide bonds. The van der Waals surface area contributed by atoms with E-state index >= 15 is 0 Å². The van der Waals surface area contributed by atoms with Crippen LogP contribution in [0.1, 0.15) is 62.9 Å². The standard InChI is InChI=1S/C27H37N3O2/c1-18(2)32-25(31)15-23-19(3)29-17-24(26(23)30-12-9-27(4,5)10-13-30)21-6-7-22-16-28-11-8-20(22)14-21/h6-7,14,17-18,28H,8-13,15-16H2,1-5H3. The highest BCUT2D eigenvalue weighted by molar-refractivity contribution is 5.85. The van der Waals surface area contributed by atoms with Gasteiger partial charge in [-0.2, -0.15) is 0 Å². The largest absolute Gasteiger partial charge is 0.463 e. The molecule has 0 spiro atoms. The highest BCUT2D eigenvalue weighted by atomic mass is 16.5. The number of hydrogen-bond donors (Lipinski definition) is 1. The minimum atomic E-state index is -0.183. The number of piperidine rings is 1. The average molecular weight is 436 g/mol. The third-order valence-corrected chi connectivity index (χ3v) is 6.89. The molecule has 2 aliphatic heterocycles. The Morgan fingerprint density at radius 3 is 2.69 bits per heavy atom. The Kier molecular flexibility index (Phi) is 6.57. The van der Waals surface area contributed by atoms with Crippen LogP contribution in [0.4, 0.5) is 5.69 Å². The van der Waals surface area contributed by atoms with Crippen LogP contribution in [0.3, 0.4) is 0 Å². The Bertz CT molecular complexity index is 987. The van der Waals surface area contributed by atoms with Gasteiger partial charge in [0.05, 0.1) is 18.2 Å². The minimum absolute atomic E-state index is 0.118. The second-order valence-corrected chi connectivity index (χ2v) is 10.4. The fourth-order valence-electron chi connectivity index (χ4n) is 4.85. The summed E-state index contributed by atoms with van der Waals surface area (Å²) in [5.41, 5.74) is 8.55.